The normalized spacial score (nSPS) is 25.4. The summed E-state index contributed by atoms with van der Waals surface area (Å²) < 4.78 is 10.8. The van der Waals surface area contributed by atoms with Gasteiger partial charge < -0.3 is 19.3 Å². The van der Waals surface area contributed by atoms with Crippen molar-refractivity contribution in [3.63, 3.8) is 0 Å². The zero-order valence-electron chi connectivity index (χ0n) is 17.3. The van der Waals surface area contributed by atoms with Crippen molar-refractivity contribution in [2.75, 3.05) is 32.2 Å². The maximum Gasteiger partial charge on any atom is 0.255 e. The molecule has 4 aliphatic rings. The minimum absolute atomic E-state index is 0.122. The monoisotopic (exact) mass is 413 g/mol. The van der Waals surface area contributed by atoms with E-state index in [0.717, 1.165) is 37.2 Å². The van der Waals surface area contributed by atoms with E-state index in [1.54, 1.807) is 19.1 Å². The molecule has 30 heavy (non-hydrogen) atoms. The van der Waals surface area contributed by atoms with Crippen molar-refractivity contribution < 1.29 is 23.9 Å². The lowest BCUT2D eigenvalue weighted by atomic mass is 9.57. The number of rotatable bonds is 5. The molecule has 160 valence electrons. The van der Waals surface area contributed by atoms with Gasteiger partial charge >= 0.3 is 0 Å². The second kappa shape index (κ2) is 7.06. The fraction of sp³-hybridized carbons (Fsp3) is 0.591. The van der Waals surface area contributed by atoms with Crippen LogP contribution in [0.15, 0.2) is 18.2 Å². The fourth-order valence-electron chi connectivity index (χ4n) is 5.78. The quantitative estimate of drug-likeness (QED) is 0.578. The number of ether oxygens (including phenoxy) is 2. The third kappa shape index (κ3) is 2.93. The number of nitrogens with zero attached hydrogens (tertiary/aromatic N) is 2. The topological polar surface area (TPSA) is 88.2 Å². The first-order valence-corrected chi connectivity index (χ1v) is 10.5. The van der Waals surface area contributed by atoms with Crippen molar-refractivity contribution in [2.24, 2.45) is 11.3 Å². The van der Waals surface area contributed by atoms with E-state index in [4.69, 9.17) is 9.47 Å². The molecule has 1 atom stereocenters. The number of hydrogen-bond donors (Lipinski definition) is 1. The van der Waals surface area contributed by atoms with Gasteiger partial charge in [-0.05, 0) is 31.4 Å². The molecule has 8 nitrogen and oxygen atoms in total. The SMILES string of the molecule is COC(OC)C1CC2(C1)CN(c1cccc3c1CN(C1CCC(=O)NC1=O)C3=O)C2. The highest BCUT2D eigenvalue weighted by Gasteiger charge is 2.55. The molecule has 2 saturated heterocycles. The molecule has 0 aromatic heterocycles. The summed E-state index contributed by atoms with van der Waals surface area (Å²) in [6.07, 6.45) is 2.70. The molecule has 3 heterocycles. The summed E-state index contributed by atoms with van der Waals surface area (Å²) in [5.41, 5.74) is 3.06. The van der Waals surface area contributed by atoms with Crippen LogP contribution in [0.1, 0.15) is 41.6 Å². The Bertz CT molecular complexity index is 898. The van der Waals surface area contributed by atoms with Crippen molar-refractivity contribution in [1.82, 2.24) is 10.2 Å². The van der Waals surface area contributed by atoms with Crippen molar-refractivity contribution in [1.29, 1.82) is 0 Å². The molecule has 1 unspecified atom stereocenters. The van der Waals surface area contributed by atoms with Crippen molar-refractivity contribution in [3.05, 3.63) is 29.3 Å². The molecular formula is C22H27N3O5. The minimum atomic E-state index is -0.578. The van der Waals surface area contributed by atoms with E-state index < -0.39 is 6.04 Å². The summed E-state index contributed by atoms with van der Waals surface area (Å²) in [5.74, 6) is -0.324. The number of fused-ring (bicyclic) bond motifs is 1. The van der Waals surface area contributed by atoms with Gasteiger partial charge in [-0.25, -0.2) is 0 Å². The summed E-state index contributed by atoms with van der Waals surface area (Å²) in [7, 11) is 3.37. The Kier molecular flexibility index (Phi) is 4.59. The van der Waals surface area contributed by atoms with Gasteiger partial charge in [-0.2, -0.15) is 0 Å². The number of imide groups is 1. The van der Waals surface area contributed by atoms with Crippen LogP contribution in [0.2, 0.25) is 0 Å². The molecule has 1 aliphatic carbocycles. The lowest BCUT2D eigenvalue weighted by molar-refractivity contribution is -0.184. The first-order chi connectivity index (χ1) is 14.4. The summed E-state index contributed by atoms with van der Waals surface area (Å²) in [6.45, 7) is 2.34. The number of carbonyl (C=O) groups excluding carboxylic acids is 3. The Balaban J connectivity index is 1.28. The van der Waals surface area contributed by atoms with Crippen LogP contribution in [0.25, 0.3) is 0 Å². The van der Waals surface area contributed by atoms with E-state index in [2.05, 4.69) is 16.3 Å². The number of methoxy groups -OCH3 is 2. The van der Waals surface area contributed by atoms with E-state index in [-0.39, 0.29) is 30.4 Å². The van der Waals surface area contributed by atoms with Gasteiger partial charge in [0.25, 0.3) is 5.91 Å². The number of benzene rings is 1. The van der Waals surface area contributed by atoms with Gasteiger partial charge in [-0.15, -0.1) is 0 Å². The van der Waals surface area contributed by atoms with Crippen LogP contribution >= 0.6 is 0 Å². The maximum absolute atomic E-state index is 13.0. The molecule has 1 N–H and O–H groups in total. The average Bonchev–Trinajstić information content (AvgIpc) is 3.00. The molecule has 3 fully saturated rings. The van der Waals surface area contributed by atoms with Gasteiger partial charge in [0.1, 0.15) is 6.04 Å². The zero-order chi connectivity index (χ0) is 21.0. The Morgan fingerprint density at radius 2 is 1.87 bits per heavy atom. The standard InChI is InChI=1S/C22H27N3O5/c1-29-21(30-2)13-8-22(9-13)11-24(12-22)16-5-3-4-14-15(16)10-25(20(14)28)17-6-7-18(26)23-19(17)27/h3-5,13,17,21H,6-12H2,1-2H3,(H,23,26,27). The van der Waals surface area contributed by atoms with Gasteiger partial charge in [-0.1, -0.05) is 6.07 Å². The first-order valence-electron chi connectivity index (χ1n) is 10.5. The van der Waals surface area contributed by atoms with Gasteiger partial charge in [0.2, 0.25) is 11.8 Å². The molecule has 0 bridgehead atoms. The molecule has 0 radical (unpaired) electrons. The molecule has 5 rings (SSSR count). The Hall–Kier alpha value is -2.45. The van der Waals surface area contributed by atoms with Crippen LogP contribution < -0.4 is 10.2 Å². The van der Waals surface area contributed by atoms with Crippen molar-refractivity contribution in [2.45, 2.75) is 44.6 Å². The highest BCUT2D eigenvalue weighted by molar-refractivity contribution is 6.06. The Morgan fingerprint density at radius 1 is 1.13 bits per heavy atom. The van der Waals surface area contributed by atoms with Crippen LogP contribution in [-0.2, 0) is 25.6 Å². The largest absolute Gasteiger partial charge is 0.370 e. The Labute approximate surface area is 175 Å². The smallest absolute Gasteiger partial charge is 0.255 e. The van der Waals surface area contributed by atoms with Gasteiger partial charge in [-0.3, -0.25) is 19.7 Å². The molecule has 8 heteroatoms. The van der Waals surface area contributed by atoms with E-state index in [9.17, 15) is 14.4 Å². The Morgan fingerprint density at radius 3 is 2.53 bits per heavy atom. The van der Waals surface area contributed by atoms with Crippen LogP contribution in [0.5, 0.6) is 0 Å². The lowest BCUT2D eigenvalue weighted by Crippen LogP contribution is -2.64. The van der Waals surface area contributed by atoms with Gasteiger partial charge in [0, 0.05) is 68.4 Å². The molecule has 1 aromatic rings. The van der Waals surface area contributed by atoms with E-state index >= 15 is 0 Å². The van der Waals surface area contributed by atoms with Crippen molar-refractivity contribution in [3.8, 4) is 0 Å². The molecule has 1 saturated carbocycles. The summed E-state index contributed by atoms with van der Waals surface area (Å²) in [5, 5.41) is 2.36. The average molecular weight is 413 g/mol. The third-order valence-electron chi connectivity index (χ3n) is 7.19. The molecular weight excluding hydrogens is 386 g/mol. The summed E-state index contributed by atoms with van der Waals surface area (Å²) in [6, 6.07) is 5.24. The van der Waals surface area contributed by atoms with Crippen LogP contribution in [0.3, 0.4) is 0 Å². The maximum atomic E-state index is 13.0. The van der Waals surface area contributed by atoms with Gasteiger partial charge in [0.05, 0.1) is 0 Å². The van der Waals surface area contributed by atoms with Crippen LogP contribution in [-0.4, -0.2) is 62.3 Å². The van der Waals surface area contributed by atoms with E-state index in [1.165, 1.54) is 0 Å². The lowest BCUT2D eigenvalue weighted by Gasteiger charge is -2.61. The second-order valence-corrected chi connectivity index (χ2v) is 9.07. The molecule has 3 amide bonds. The van der Waals surface area contributed by atoms with E-state index in [1.807, 2.05) is 12.1 Å². The first kappa shape index (κ1) is 19.5. The van der Waals surface area contributed by atoms with Crippen LogP contribution in [0.4, 0.5) is 5.69 Å². The summed E-state index contributed by atoms with van der Waals surface area (Å²) >= 11 is 0. The number of carbonyl (C=O) groups is 3. The van der Waals surface area contributed by atoms with Crippen LogP contribution in [0, 0.1) is 11.3 Å². The predicted molar refractivity (Wildman–Crippen MR) is 108 cm³/mol. The highest BCUT2D eigenvalue weighted by atomic mass is 16.7. The van der Waals surface area contributed by atoms with E-state index in [0.29, 0.717) is 29.9 Å². The predicted octanol–water partition coefficient (Wildman–Crippen LogP) is 1.28. The zero-order valence-corrected chi connectivity index (χ0v) is 17.3. The highest BCUT2D eigenvalue weighted by Crippen LogP contribution is 2.55. The number of hydrogen-bond acceptors (Lipinski definition) is 6. The number of piperidine rings is 1. The number of nitrogens with one attached hydrogen (secondary N) is 1. The number of anilines is 1. The fourth-order valence-corrected chi connectivity index (χ4v) is 5.78. The summed E-state index contributed by atoms with van der Waals surface area (Å²) in [4.78, 5) is 40.7. The van der Waals surface area contributed by atoms with Gasteiger partial charge in [0.15, 0.2) is 6.29 Å². The number of amides is 3. The molecule has 3 aliphatic heterocycles. The second-order valence-electron chi connectivity index (χ2n) is 9.07. The third-order valence-corrected chi connectivity index (χ3v) is 7.19. The molecule has 1 spiro atoms. The molecule has 1 aromatic carbocycles. The minimum Gasteiger partial charge on any atom is -0.370 e. The van der Waals surface area contributed by atoms with Crippen molar-refractivity contribution >= 4 is 23.4 Å².